The lowest BCUT2D eigenvalue weighted by molar-refractivity contribution is -0.674. The summed E-state index contributed by atoms with van der Waals surface area (Å²) in [5.41, 5.74) is 1.11. The highest BCUT2D eigenvalue weighted by atomic mass is 127. The summed E-state index contributed by atoms with van der Waals surface area (Å²) in [6.07, 6.45) is 0. The van der Waals surface area contributed by atoms with Crippen LogP contribution in [0.1, 0.15) is 5.01 Å². The van der Waals surface area contributed by atoms with Gasteiger partial charge in [0.2, 0.25) is 10.5 Å². The number of fused-ring (bicyclic) bond motifs is 1. The Labute approximate surface area is 115 Å². The maximum Gasteiger partial charge on any atom is 0.235 e. The van der Waals surface area contributed by atoms with Crippen molar-refractivity contribution in [3.63, 3.8) is 0 Å². The molecule has 1 heterocycles. The van der Waals surface area contributed by atoms with Crippen molar-refractivity contribution in [2.45, 2.75) is 13.5 Å². The summed E-state index contributed by atoms with van der Waals surface area (Å²) in [5, 5.41) is 10.9. The van der Waals surface area contributed by atoms with Gasteiger partial charge in [-0.2, -0.15) is 4.57 Å². The van der Waals surface area contributed by atoms with E-state index in [0.29, 0.717) is 6.54 Å². The van der Waals surface area contributed by atoms with Crippen molar-refractivity contribution in [1.29, 1.82) is 0 Å². The first-order chi connectivity index (χ1) is 6.72. The molecular weight excluding hydrogens is 345 g/mol. The monoisotopic (exact) mass is 355 g/mol. The normalized spacial score (nSPS) is 10.3. The van der Waals surface area contributed by atoms with Gasteiger partial charge in [-0.15, -0.1) is 0 Å². The number of thiazole rings is 1. The first-order valence-electron chi connectivity index (χ1n) is 4.41. The van der Waals surface area contributed by atoms with Crippen molar-refractivity contribution >= 4 is 33.2 Å². The van der Waals surface area contributed by atoms with E-state index in [4.69, 9.17) is 16.7 Å². The highest BCUT2D eigenvalue weighted by molar-refractivity contribution is 7.18. The topological polar surface area (TPSA) is 24.1 Å². The molecule has 1 aromatic heterocycles. The first kappa shape index (κ1) is 13.2. The Bertz CT molecular complexity index is 472. The van der Waals surface area contributed by atoms with E-state index >= 15 is 0 Å². The molecule has 2 rings (SSSR count). The van der Waals surface area contributed by atoms with Crippen molar-refractivity contribution in [2.75, 3.05) is 6.61 Å². The van der Waals surface area contributed by atoms with E-state index in [0.717, 1.165) is 10.5 Å². The maximum absolute atomic E-state index is 8.94. The van der Waals surface area contributed by atoms with Crippen LogP contribution in [0.4, 0.5) is 0 Å². The second-order valence-electron chi connectivity index (χ2n) is 3.11. The number of halogens is 2. The van der Waals surface area contributed by atoms with E-state index in [2.05, 4.69) is 4.57 Å². The van der Waals surface area contributed by atoms with Crippen LogP contribution >= 0.6 is 22.9 Å². The van der Waals surface area contributed by atoms with Gasteiger partial charge < -0.3 is 29.1 Å². The molecule has 0 unspecified atom stereocenters. The van der Waals surface area contributed by atoms with E-state index in [9.17, 15) is 0 Å². The number of rotatable bonds is 2. The first-order valence-corrected chi connectivity index (χ1v) is 5.61. The Morgan fingerprint density at radius 1 is 1.47 bits per heavy atom. The van der Waals surface area contributed by atoms with Gasteiger partial charge in [-0.05, 0) is 12.1 Å². The number of nitrogens with zero attached hydrogens (tertiary/aromatic N) is 1. The summed E-state index contributed by atoms with van der Waals surface area (Å²) in [6, 6.07) is 5.85. The van der Waals surface area contributed by atoms with Crippen LogP contribution in [0.2, 0.25) is 5.02 Å². The summed E-state index contributed by atoms with van der Waals surface area (Å²) in [7, 11) is 0. The van der Waals surface area contributed by atoms with Gasteiger partial charge in [0.15, 0.2) is 6.54 Å². The highest BCUT2D eigenvalue weighted by Gasteiger charge is 2.16. The predicted octanol–water partition coefficient (Wildman–Crippen LogP) is -0.853. The molecule has 5 heteroatoms. The zero-order chi connectivity index (χ0) is 10.1. The van der Waals surface area contributed by atoms with Crippen LogP contribution in [0.3, 0.4) is 0 Å². The second-order valence-corrected chi connectivity index (χ2v) is 4.78. The molecule has 0 amide bonds. The molecule has 0 aliphatic carbocycles. The number of hydrogen-bond donors (Lipinski definition) is 1. The Morgan fingerprint density at radius 2 is 2.20 bits per heavy atom. The van der Waals surface area contributed by atoms with Crippen molar-refractivity contribution in [3.8, 4) is 0 Å². The average Bonchev–Trinajstić information content (AvgIpc) is 2.45. The number of aromatic nitrogens is 1. The third-order valence-corrected chi connectivity index (χ3v) is 3.49. The van der Waals surface area contributed by atoms with Gasteiger partial charge in [0.05, 0.1) is 0 Å². The van der Waals surface area contributed by atoms with E-state index in [1.807, 2.05) is 25.1 Å². The molecular formula is C10H11ClINOS. The fourth-order valence-electron chi connectivity index (χ4n) is 1.55. The molecule has 1 aromatic carbocycles. The van der Waals surface area contributed by atoms with Crippen molar-refractivity contribution < 1.29 is 33.7 Å². The fourth-order valence-corrected chi connectivity index (χ4v) is 2.74. The lowest BCUT2D eigenvalue weighted by atomic mass is 10.3. The average molecular weight is 356 g/mol. The summed E-state index contributed by atoms with van der Waals surface area (Å²) in [5.74, 6) is 0. The number of benzene rings is 1. The molecule has 0 saturated carbocycles. The Morgan fingerprint density at radius 3 is 2.87 bits per heavy atom. The fraction of sp³-hybridized carbons (Fsp3) is 0.300. The van der Waals surface area contributed by atoms with Crippen molar-refractivity contribution in [1.82, 2.24) is 0 Å². The van der Waals surface area contributed by atoms with Crippen LogP contribution in [-0.4, -0.2) is 11.7 Å². The summed E-state index contributed by atoms with van der Waals surface area (Å²) >= 11 is 7.65. The van der Waals surface area contributed by atoms with Crippen LogP contribution in [-0.2, 0) is 6.54 Å². The SMILES string of the molecule is Cc1sc2ccc(Cl)cc2[n+]1CCO.[I-]. The van der Waals surface area contributed by atoms with Gasteiger partial charge in [0.25, 0.3) is 0 Å². The molecule has 0 radical (unpaired) electrons. The third-order valence-electron chi connectivity index (χ3n) is 2.17. The zero-order valence-corrected chi connectivity index (χ0v) is 11.9. The smallest absolute Gasteiger partial charge is 0.235 e. The minimum absolute atomic E-state index is 0. The number of aliphatic hydroxyl groups is 1. The Hall–Kier alpha value is 0.0900. The van der Waals surface area contributed by atoms with Gasteiger partial charge in [-0.3, -0.25) is 0 Å². The molecule has 0 atom stereocenters. The van der Waals surface area contributed by atoms with E-state index < -0.39 is 0 Å². The van der Waals surface area contributed by atoms with Gasteiger partial charge in [-0.25, -0.2) is 0 Å². The molecule has 15 heavy (non-hydrogen) atoms. The third kappa shape index (κ3) is 2.61. The van der Waals surface area contributed by atoms with Gasteiger partial charge in [-0.1, -0.05) is 22.9 Å². The standard InChI is InChI=1S/C10H11ClNOS.HI/c1-7-12(4-5-13)9-6-8(11)2-3-10(9)14-7;/h2-3,6,13H,4-5H2,1H3;1H/q+1;/p-1. The van der Waals surface area contributed by atoms with Crippen LogP contribution in [0, 0.1) is 6.92 Å². The van der Waals surface area contributed by atoms with Crippen LogP contribution in [0.5, 0.6) is 0 Å². The van der Waals surface area contributed by atoms with E-state index in [1.165, 1.54) is 9.71 Å². The molecule has 2 nitrogen and oxygen atoms in total. The van der Waals surface area contributed by atoms with Crippen molar-refractivity contribution in [3.05, 3.63) is 28.2 Å². The molecule has 0 bridgehead atoms. The summed E-state index contributed by atoms with van der Waals surface area (Å²) < 4.78 is 3.30. The summed E-state index contributed by atoms with van der Waals surface area (Å²) in [6.45, 7) is 2.84. The molecule has 0 spiro atoms. The Balaban J connectivity index is 0.00000112. The zero-order valence-electron chi connectivity index (χ0n) is 8.20. The minimum Gasteiger partial charge on any atom is -1.00 e. The molecule has 0 fully saturated rings. The second kappa shape index (κ2) is 5.43. The van der Waals surface area contributed by atoms with Crippen molar-refractivity contribution in [2.24, 2.45) is 0 Å². The molecule has 82 valence electrons. The summed E-state index contributed by atoms with van der Waals surface area (Å²) in [4.78, 5) is 0. The maximum atomic E-state index is 8.94. The lowest BCUT2D eigenvalue weighted by Crippen LogP contribution is -3.00. The quantitative estimate of drug-likeness (QED) is 0.551. The highest BCUT2D eigenvalue weighted by Crippen LogP contribution is 2.22. The van der Waals surface area contributed by atoms with Crippen LogP contribution in [0.25, 0.3) is 10.2 Å². The van der Waals surface area contributed by atoms with Gasteiger partial charge in [0, 0.05) is 18.0 Å². The lowest BCUT2D eigenvalue weighted by Gasteiger charge is -1.93. The van der Waals surface area contributed by atoms with Crippen LogP contribution < -0.4 is 28.5 Å². The molecule has 0 aliphatic heterocycles. The molecule has 0 saturated heterocycles. The number of aryl methyl sites for hydroxylation is 1. The largest absolute Gasteiger partial charge is 1.00 e. The van der Waals surface area contributed by atoms with Gasteiger partial charge in [0.1, 0.15) is 11.3 Å². The van der Waals surface area contributed by atoms with Crippen LogP contribution in [0.15, 0.2) is 18.2 Å². The number of hydrogen-bond acceptors (Lipinski definition) is 2. The van der Waals surface area contributed by atoms with Gasteiger partial charge >= 0.3 is 0 Å². The Kier molecular flexibility index (Phi) is 4.76. The predicted molar refractivity (Wildman–Crippen MR) is 58.9 cm³/mol. The molecule has 0 aliphatic rings. The van der Waals surface area contributed by atoms with E-state index in [-0.39, 0.29) is 30.6 Å². The molecule has 2 aromatic rings. The minimum atomic E-state index is 0. The van der Waals surface area contributed by atoms with E-state index in [1.54, 1.807) is 11.3 Å². The molecule has 1 N–H and O–H groups in total. The number of aliphatic hydroxyl groups excluding tert-OH is 1.